The number of nitrogens with zero attached hydrogens (tertiary/aromatic N) is 3. The molecule has 41 heavy (non-hydrogen) atoms. The molecule has 1 atom stereocenters. The SMILES string of the molecule is C=CNC(=NC1CCN(C(=O)/C=C/CN(C)C2CCCC2)C1)/C(C(=N)c1ccc(Oc2ccccc2)cc1)=C(\C)N. The summed E-state index contributed by atoms with van der Waals surface area (Å²) in [6.45, 7) is 7.49. The van der Waals surface area contributed by atoms with E-state index in [1.54, 1.807) is 13.0 Å². The van der Waals surface area contributed by atoms with Crippen molar-refractivity contribution in [1.82, 2.24) is 15.1 Å². The highest BCUT2D eigenvalue weighted by molar-refractivity contribution is 6.29. The third kappa shape index (κ3) is 8.17. The summed E-state index contributed by atoms with van der Waals surface area (Å²) in [7, 11) is 2.13. The molecule has 2 aromatic carbocycles. The van der Waals surface area contributed by atoms with E-state index < -0.39 is 0 Å². The molecule has 8 nitrogen and oxygen atoms in total. The van der Waals surface area contributed by atoms with Crippen LogP contribution >= 0.6 is 0 Å². The summed E-state index contributed by atoms with van der Waals surface area (Å²) >= 11 is 0. The zero-order valence-electron chi connectivity index (χ0n) is 24.2. The molecule has 1 heterocycles. The molecule has 1 aliphatic heterocycles. The lowest BCUT2D eigenvalue weighted by Gasteiger charge is -2.22. The standard InChI is InChI=1S/C33H42N6O2/c1-4-36-33(37-26-20-22-39(23-26)30(40)15-10-21-38(3)27-11-8-9-12-27)31(24(2)34)32(35)25-16-18-29(19-17-25)41-28-13-6-5-7-14-28/h4-7,10,13-19,26-27,35H,1,8-9,11-12,20-23,34H2,2-3H3,(H,36,37)/b15-10+,31-24+,35-32?. The number of likely N-dealkylation sites (N-methyl/N-ethyl adjacent to an activating group) is 1. The summed E-state index contributed by atoms with van der Waals surface area (Å²) < 4.78 is 5.89. The summed E-state index contributed by atoms with van der Waals surface area (Å²) in [5.74, 6) is 1.91. The van der Waals surface area contributed by atoms with Gasteiger partial charge in [0.05, 0.1) is 17.3 Å². The summed E-state index contributed by atoms with van der Waals surface area (Å²) in [6.07, 6.45) is 11.0. The Bertz CT molecular complexity index is 1290. The van der Waals surface area contributed by atoms with Crippen LogP contribution < -0.4 is 15.8 Å². The predicted octanol–water partition coefficient (Wildman–Crippen LogP) is 5.24. The number of benzene rings is 2. The van der Waals surface area contributed by atoms with Gasteiger partial charge in [0.1, 0.15) is 17.3 Å². The van der Waals surface area contributed by atoms with Crippen LogP contribution in [0.1, 0.15) is 44.6 Å². The van der Waals surface area contributed by atoms with E-state index in [4.69, 9.17) is 20.9 Å². The van der Waals surface area contributed by atoms with Gasteiger partial charge in [0.15, 0.2) is 0 Å². The Kier molecular flexibility index (Phi) is 10.5. The highest BCUT2D eigenvalue weighted by Gasteiger charge is 2.27. The van der Waals surface area contributed by atoms with Crippen molar-refractivity contribution in [2.24, 2.45) is 10.7 Å². The highest BCUT2D eigenvalue weighted by atomic mass is 16.5. The van der Waals surface area contributed by atoms with Crippen LogP contribution in [0.4, 0.5) is 0 Å². The van der Waals surface area contributed by atoms with Crippen molar-refractivity contribution in [3.63, 3.8) is 0 Å². The van der Waals surface area contributed by atoms with Crippen molar-refractivity contribution in [1.29, 1.82) is 5.41 Å². The number of nitrogens with one attached hydrogen (secondary N) is 2. The maximum atomic E-state index is 12.9. The van der Waals surface area contributed by atoms with E-state index in [0.29, 0.717) is 47.6 Å². The second-order valence-corrected chi connectivity index (χ2v) is 10.7. The topological polar surface area (TPSA) is 107 Å². The van der Waals surface area contributed by atoms with E-state index in [9.17, 15) is 4.79 Å². The van der Waals surface area contributed by atoms with E-state index >= 15 is 0 Å². The summed E-state index contributed by atoms with van der Waals surface area (Å²) in [4.78, 5) is 21.9. The first-order valence-electron chi connectivity index (χ1n) is 14.4. The number of likely N-dealkylation sites (tertiary alicyclic amines) is 1. The summed E-state index contributed by atoms with van der Waals surface area (Å²) in [6, 6.07) is 17.4. The predicted molar refractivity (Wildman–Crippen MR) is 166 cm³/mol. The number of rotatable bonds is 11. The molecule has 0 bridgehead atoms. The van der Waals surface area contributed by atoms with Gasteiger partial charge in [-0.3, -0.25) is 20.1 Å². The molecular weight excluding hydrogens is 512 g/mol. The van der Waals surface area contributed by atoms with Gasteiger partial charge in [-0.1, -0.05) is 43.7 Å². The van der Waals surface area contributed by atoms with Crippen LogP contribution in [0.3, 0.4) is 0 Å². The second-order valence-electron chi connectivity index (χ2n) is 10.7. The fraction of sp³-hybridized carbons (Fsp3) is 0.364. The number of aliphatic imine (C=N–C) groups is 1. The molecule has 2 aromatic rings. The number of carbonyl (C=O) groups excluding carboxylic acids is 1. The molecule has 4 N–H and O–H groups in total. The molecule has 1 saturated carbocycles. The minimum Gasteiger partial charge on any atom is -0.457 e. The Hall–Kier alpha value is -4.17. The largest absolute Gasteiger partial charge is 0.457 e. The number of hydrogen-bond donors (Lipinski definition) is 3. The van der Waals surface area contributed by atoms with Crippen molar-refractivity contribution in [2.45, 2.75) is 51.1 Å². The maximum absolute atomic E-state index is 12.9. The zero-order chi connectivity index (χ0) is 29.2. The monoisotopic (exact) mass is 554 g/mol. The normalized spacial score (nSPS) is 18.6. The third-order valence-electron chi connectivity index (χ3n) is 7.63. The number of hydrogen-bond acceptors (Lipinski definition) is 6. The van der Waals surface area contributed by atoms with Crippen LogP contribution in [-0.4, -0.2) is 66.0 Å². The van der Waals surface area contributed by atoms with Gasteiger partial charge in [0, 0.05) is 43.0 Å². The number of para-hydroxylation sites is 1. The number of nitrogens with two attached hydrogens (primary N) is 1. The number of amidine groups is 1. The number of allylic oxidation sites excluding steroid dienone is 1. The second kappa shape index (κ2) is 14.5. The highest BCUT2D eigenvalue weighted by Crippen LogP contribution is 2.24. The first-order chi connectivity index (χ1) is 19.9. The Morgan fingerprint density at radius 1 is 1.15 bits per heavy atom. The Labute approximate surface area is 243 Å². The van der Waals surface area contributed by atoms with Gasteiger partial charge < -0.3 is 20.7 Å². The van der Waals surface area contributed by atoms with Crippen molar-refractivity contribution in [3.05, 3.63) is 96.4 Å². The Morgan fingerprint density at radius 3 is 2.49 bits per heavy atom. The maximum Gasteiger partial charge on any atom is 0.246 e. The number of amides is 1. The van der Waals surface area contributed by atoms with Crippen molar-refractivity contribution < 1.29 is 9.53 Å². The average Bonchev–Trinajstić information content (AvgIpc) is 3.67. The lowest BCUT2D eigenvalue weighted by molar-refractivity contribution is -0.125. The first kappa shape index (κ1) is 29.8. The van der Waals surface area contributed by atoms with Gasteiger partial charge in [0.25, 0.3) is 0 Å². The van der Waals surface area contributed by atoms with E-state index in [0.717, 1.165) is 18.7 Å². The first-order valence-corrected chi connectivity index (χ1v) is 14.4. The van der Waals surface area contributed by atoms with Crippen LogP contribution in [0, 0.1) is 5.41 Å². The molecule has 2 aliphatic rings. The lowest BCUT2D eigenvalue weighted by Crippen LogP contribution is -2.31. The van der Waals surface area contributed by atoms with Gasteiger partial charge in [-0.2, -0.15) is 0 Å². The quantitative estimate of drug-likeness (QED) is 0.200. The van der Waals surface area contributed by atoms with Crippen molar-refractivity contribution in [3.8, 4) is 11.5 Å². The minimum atomic E-state index is -0.111. The molecule has 1 unspecified atom stereocenters. The zero-order valence-corrected chi connectivity index (χ0v) is 24.2. The third-order valence-corrected chi connectivity index (χ3v) is 7.63. The molecule has 0 radical (unpaired) electrons. The molecule has 4 rings (SSSR count). The van der Waals surface area contributed by atoms with E-state index in [1.165, 1.54) is 31.9 Å². The van der Waals surface area contributed by atoms with Gasteiger partial charge in [-0.05, 0) is 75.8 Å². The van der Waals surface area contributed by atoms with E-state index in [1.807, 2.05) is 65.6 Å². The van der Waals surface area contributed by atoms with Crippen LogP contribution in [0.2, 0.25) is 0 Å². The molecule has 8 heteroatoms. The molecule has 0 spiro atoms. The van der Waals surface area contributed by atoms with E-state index in [2.05, 4.69) is 23.8 Å². The van der Waals surface area contributed by atoms with Crippen molar-refractivity contribution >= 4 is 17.5 Å². The molecule has 2 fully saturated rings. The average molecular weight is 555 g/mol. The summed E-state index contributed by atoms with van der Waals surface area (Å²) in [5, 5.41) is 12.1. The molecule has 216 valence electrons. The minimum absolute atomic E-state index is 0.0112. The summed E-state index contributed by atoms with van der Waals surface area (Å²) in [5.41, 5.74) is 8.18. The molecular formula is C33H42N6O2. The molecule has 1 aliphatic carbocycles. The van der Waals surface area contributed by atoms with Gasteiger partial charge >= 0.3 is 0 Å². The van der Waals surface area contributed by atoms with Gasteiger partial charge in [0.2, 0.25) is 5.91 Å². The van der Waals surface area contributed by atoms with Gasteiger partial charge in [-0.15, -0.1) is 0 Å². The number of ether oxygens (including phenoxy) is 1. The van der Waals surface area contributed by atoms with Crippen molar-refractivity contribution in [2.75, 3.05) is 26.7 Å². The fourth-order valence-corrected chi connectivity index (χ4v) is 5.38. The Balaban J connectivity index is 1.40. The molecule has 0 aromatic heterocycles. The van der Waals surface area contributed by atoms with Crippen LogP contribution in [0.15, 0.2) is 95.8 Å². The lowest BCUT2D eigenvalue weighted by atomic mass is 9.99. The smallest absolute Gasteiger partial charge is 0.246 e. The number of carbonyl (C=O) groups is 1. The fourth-order valence-electron chi connectivity index (χ4n) is 5.38. The van der Waals surface area contributed by atoms with E-state index in [-0.39, 0.29) is 17.7 Å². The van der Waals surface area contributed by atoms with Crippen LogP contribution in [-0.2, 0) is 4.79 Å². The molecule has 1 amide bonds. The van der Waals surface area contributed by atoms with Crippen LogP contribution in [0.25, 0.3) is 0 Å². The Morgan fingerprint density at radius 2 is 1.83 bits per heavy atom. The van der Waals surface area contributed by atoms with Crippen LogP contribution in [0.5, 0.6) is 11.5 Å². The molecule has 1 saturated heterocycles. The van der Waals surface area contributed by atoms with Gasteiger partial charge in [-0.25, -0.2) is 0 Å².